The number of ketones is 1. The number of likely N-dealkylation sites (tertiary alicyclic amines) is 1. The van der Waals surface area contributed by atoms with Gasteiger partial charge < -0.3 is 19.8 Å². The van der Waals surface area contributed by atoms with Crippen molar-refractivity contribution in [1.82, 2.24) is 4.90 Å². The maximum atomic E-state index is 13.3. The Labute approximate surface area is 253 Å². The van der Waals surface area contributed by atoms with Crippen LogP contribution >= 0.6 is 15.9 Å². The molecule has 6 nitrogen and oxygen atoms in total. The quantitative estimate of drug-likeness (QED) is 0.0745. The predicted molar refractivity (Wildman–Crippen MR) is 168 cm³/mol. The number of amides is 1. The van der Waals surface area contributed by atoms with E-state index in [1.54, 1.807) is 41.3 Å². The molecule has 1 aliphatic heterocycles. The molecule has 0 aliphatic carbocycles. The number of aliphatic hydroxyl groups is 1. The lowest BCUT2D eigenvalue weighted by Gasteiger charge is -2.26. The average molecular weight is 629 g/mol. The molecule has 0 saturated carbocycles. The van der Waals surface area contributed by atoms with Crippen LogP contribution in [0.2, 0.25) is 0 Å². The van der Waals surface area contributed by atoms with Gasteiger partial charge in [0.15, 0.2) is 11.5 Å². The third kappa shape index (κ3) is 9.35. The third-order valence-corrected chi connectivity index (χ3v) is 8.46. The first-order valence-electron chi connectivity index (χ1n) is 15.3. The van der Waals surface area contributed by atoms with Crippen LogP contribution in [0.15, 0.2) is 52.5 Å². The van der Waals surface area contributed by atoms with Gasteiger partial charge in [-0.25, -0.2) is 0 Å². The van der Waals surface area contributed by atoms with E-state index in [-0.39, 0.29) is 22.8 Å². The zero-order valence-electron chi connectivity index (χ0n) is 24.7. The highest BCUT2D eigenvalue weighted by Gasteiger charge is 2.46. The van der Waals surface area contributed by atoms with E-state index in [1.165, 1.54) is 83.8 Å². The van der Waals surface area contributed by atoms with Crippen LogP contribution in [0.5, 0.6) is 11.5 Å². The molecule has 0 bridgehead atoms. The summed E-state index contributed by atoms with van der Waals surface area (Å²) in [6.45, 7) is 2.66. The van der Waals surface area contributed by atoms with Crippen LogP contribution in [0.25, 0.3) is 5.76 Å². The average Bonchev–Trinajstić information content (AvgIpc) is 3.22. The summed E-state index contributed by atoms with van der Waals surface area (Å²) in [5.74, 6) is -1.32. The van der Waals surface area contributed by atoms with Gasteiger partial charge >= 0.3 is 0 Å². The Balaban J connectivity index is 1.59. The molecule has 41 heavy (non-hydrogen) atoms. The normalized spacial score (nSPS) is 16.5. The number of carbonyl (C=O) groups excluding carboxylic acids is 2. The van der Waals surface area contributed by atoms with E-state index in [0.717, 1.165) is 23.7 Å². The van der Waals surface area contributed by atoms with Crippen molar-refractivity contribution < 1.29 is 24.5 Å². The van der Waals surface area contributed by atoms with Crippen molar-refractivity contribution in [3.8, 4) is 11.5 Å². The summed E-state index contributed by atoms with van der Waals surface area (Å²) in [6.07, 6.45) is 17.3. The van der Waals surface area contributed by atoms with Crippen LogP contribution < -0.4 is 4.74 Å². The summed E-state index contributed by atoms with van der Waals surface area (Å²) in [7, 11) is 1.45. The zero-order chi connectivity index (χ0) is 29.6. The molecule has 2 N–H and O–H groups in total. The number of phenols is 1. The van der Waals surface area contributed by atoms with Gasteiger partial charge in [-0.1, -0.05) is 125 Å². The van der Waals surface area contributed by atoms with Crippen molar-refractivity contribution in [2.45, 2.75) is 103 Å². The molecule has 0 unspecified atom stereocenters. The Morgan fingerprint density at radius 2 is 1.37 bits per heavy atom. The third-order valence-electron chi connectivity index (χ3n) is 7.93. The number of ether oxygens (including phenoxy) is 1. The second-order valence-electron chi connectivity index (χ2n) is 11.0. The van der Waals surface area contributed by atoms with Gasteiger partial charge in [-0.15, -0.1) is 0 Å². The van der Waals surface area contributed by atoms with Gasteiger partial charge in [0, 0.05) is 16.6 Å². The van der Waals surface area contributed by atoms with Crippen molar-refractivity contribution in [1.29, 1.82) is 0 Å². The van der Waals surface area contributed by atoms with Gasteiger partial charge in [0.25, 0.3) is 11.7 Å². The van der Waals surface area contributed by atoms with Crippen LogP contribution in [0.3, 0.4) is 0 Å². The first-order chi connectivity index (χ1) is 19.9. The van der Waals surface area contributed by atoms with E-state index in [9.17, 15) is 19.8 Å². The number of phenolic OH excluding ortho intramolecular Hbond substituents is 1. The lowest BCUT2D eigenvalue weighted by Crippen LogP contribution is -2.30. The minimum absolute atomic E-state index is 0.0342. The molecule has 0 radical (unpaired) electrons. The smallest absolute Gasteiger partial charge is 0.295 e. The van der Waals surface area contributed by atoms with E-state index < -0.39 is 17.7 Å². The number of benzene rings is 2. The van der Waals surface area contributed by atoms with Gasteiger partial charge in [-0.3, -0.25) is 9.59 Å². The standard InChI is InChI=1S/C34H46BrNO5/c1-3-4-5-6-7-8-9-10-11-12-13-14-15-16-23-36-31(26-19-22-28(37)29(24-26)41-2)30(33(39)34(36)40)32(38)25-17-20-27(35)21-18-25/h17-22,24,31,37-38H,3-16,23H2,1-2H3/b32-30+/t31-/m1/s1. The fourth-order valence-electron chi connectivity index (χ4n) is 5.56. The number of halogens is 1. The van der Waals surface area contributed by atoms with Crippen molar-refractivity contribution in [2.75, 3.05) is 13.7 Å². The van der Waals surface area contributed by atoms with Crippen molar-refractivity contribution >= 4 is 33.4 Å². The van der Waals surface area contributed by atoms with Gasteiger partial charge in [0.05, 0.1) is 18.7 Å². The van der Waals surface area contributed by atoms with Gasteiger partial charge in [0.2, 0.25) is 0 Å². The summed E-state index contributed by atoms with van der Waals surface area (Å²) < 4.78 is 6.13. The molecule has 1 saturated heterocycles. The number of aromatic hydroxyl groups is 1. The van der Waals surface area contributed by atoms with Gasteiger partial charge in [-0.05, 0) is 36.2 Å². The molecule has 2 aromatic rings. The number of nitrogens with zero attached hydrogens (tertiary/aromatic N) is 1. The molecular formula is C34H46BrNO5. The van der Waals surface area contributed by atoms with Crippen molar-refractivity contribution in [3.05, 3.63) is 63.6 Å². The van der Waals surface area contributed by atoms with Crippen LogP contribution in [-0.4, -0.2) is 40.5 Å². The molecular weight excluding hydrogens is 582 g/mol. The summed E-state index contributed by atoms with van der Waals surface area (Å²) in [4.78, 5) is 28.0. The van der Waals surface area contributed by atoms with E-state index >= 15 is 0 Å². The molecule has 1 heterocycles. The first kappa shape index (κ1) is 32.7. The highest BCUT2D eigenvalue weighted by Crippen LogP contribution is 2.42. The largest absolute Gasteiger partial charge is 0.507 e. The number of unbranched alkanes of at least 4 members (excludes halogenated alkanes) is 13. The molecule has 7 heteroatoms. The van der Waals surface area contributed by atoms with Crippen LogP contribution in [0.1, 0.15) is 114 Å². The van der Waals surface area contributed by atoms with Crippen molar-refractivity contribution in [3.63, 3.8) is 0 Å². The Morgan fingerprint density at radius 1 is 0.829 bits per heavy atom. The Morgan fingerprint density at radius 3 is 1.90 bits per heavy atom. The molecule has 224 valence electrons. The summed E-state index contributed by atoms with van der Waals surface area (Å²) in [6, 6.07) is 11.0. The van der Waals surface area contributed by atoms with E-state index in [0.29, 0.717) is 17.7 Å². The first-order valence-corrected chi connectivity index (χ1v) is 16.1. The predicted octanol–water partition coefficient (Wildman–Crippen LogP) is 9.07. The maximum Gasteiger partial charge on any atom is 0.295 e. The Bertz CT molecular complexity index is 1160. The number of carbonyl (C=O) groups is 2. The minimum atomic E-state index is -0.768. The molecule has 2 aromatic carbocycles. The Kier molecular flexibility index (Phi) is 13.7. The molecule has 1 fully saturated rings. The monoisotopic (exact) mass is 627 g/mol. The molecule has 1 amide bonds. The highest BCUT2D eigenvalue weighted by molar-refractivity contribution is 9.10. The Hall–Kier alpha value is -2.80. The van der Waals surface area contributed by atoms with E-state index in [1.807, 2.05) is 0 Å². The lowest BCUT2D eigenvalue weighted by molar-refractivity contribution is -0.139. The number of aliphatic hydroxyl groups excluding tert-OH is 1. The number of hydrogen-bond acceptors (Lipinski definition) is 5. The molecule has 0 spiro atoms. The molecule has 1 aliphatic rings. The summed E-state index contributed by atoms with van der Waals surface area (Å²) in [5.41, 5.74) is 1.11. The summed E-state index contributed by atoms with van der Waals surface area (Å²) >= 11 is 3.39. The SMILES string of the molecule is CCCCCCCCCCCCCCCCN1C(=O)C(=O)/C(=C(/O)c2ccc(Br)cc2)[C@H]1c1ccc(O)c(OC)c1. The number of Topliss-reactive ketones (excluding diaryl/α,β-unsaturated/α-hetero) is 1. The van der Waals surface area contributed by atoms with E-state index in [2.05, 4.69) is 22.9 Å². The molecule has 3 rings (SSSR count). The number of hydrogen-bond donors (Lipinski definition) is 2. The van der Waals surface area contributed by atoms with Gasteiger partial charge in [0.1, 0.15) is 5.76 Å². The fraction of sp³-hybridized carbons (Fsp3) is 0.529. The topological polar surface area (TPSA) is 87.1 Å². The fourth-order valence-corrected chi connectivity index (χ4v) is 5.83. The summed E-state index contributed by atoms with van der Waals surface area (Å²) in [5, 5.41) is 21.3. The maximum absolute atomic E-state index is 13.3. The lowest BCUT2D eigenvalue weighted by atomic mass is 9.95. The number of methoxy groups -OCH3 is 1. The van der Waals surface area contributed by atoms with Crippen molar-refractivity contribution in [2.24, 2.45) is 0 Å². The molecule has 0 aromatic heterocycles. The molecule has 1 atom stereocenters. The minimum Gasteiger partial charge on any atom is -0.507 e. The highest BCUT2D eigenvalue weighted by atomic mass is 79.9. The van der Waals surface area contributed by atoms with E-state index in [4.69, 9.17) is 4.74 Å². The second-order valence-corrected chi connectivity index (χ2v) is 11.9. The van der Waals surface area contributed by atoms with Gasteiger partial charge in [-0.2, -0.15) is 0 Å². The van der Waals surface area contributed by atoms with Crippen LogP contribution in [0.4, 0.5) is 0 Å². The van der Waals surface area contributed by atoms with Crippen LogP contribution in [0, 0.1) is 0 Å². The number of rotatable bonds is 18. The van der Waals surface area contributed by atoms with Crippen LogP contribution in [-0.2, 0) is 9.59 Å². The second kappa shape index (κ2) is 17.2. The zero-order valence-corrected chi connectivity index (χ0v) is 26.3.